The Morgan fingerprint density at radius 2 is 1.75 bits per heavy atom. The maximum Gasteiger partial charge on any atom is 0.126 e. The number of hydrogen-bond donors (Lipinski definition) is 2. The Hall–Kier alpha value is -1.65. The van der Waals surface area contributed by atoms with Crippen molar-refractivity contribution in [2.75, 3.05) is 0 Å². The molecule has 2 atom stereocenters. The van der Waals surface area contributed by atoms with E-state index in [1.165, 1.54) is 0 Å². The van der Waals surface area contributed by atoms with E-state index in [0.29, 0.717) is 11.3 Å². The standard InChI is InChI=1S/C12H14N2O2/c1-14-10(7-8-13-14)12(16)11(15)9-5-3-2-4-6-9/h2-8,11-12,15-16H,1H3. The molecular formula is C12H14N2O2. The maximum atomic E-state index is 10.0. The van der Waals surface area contributed by atoms with Crippen LogP contribution in [0.25, 0.3) is 0 Å². The third-order valence-corrected chi connectivity index (χ3v) is 2.60. The maximum absolute atomic E-state index is 10.0. The Balaban J connectivity index is 2.23. The molecule has 0 saturated carbocycles. The largest absolute Gasteiger partial charge is 0.385 e. The molecule has 0 saturated heterocycles. The lowest BCUT2D eigenvalue weighted by molar-refractivity contribution is 0.0123. The van der Waals surface area contributed by atoms with E-state index in [1.54, 1.807) is 36.1 Å². The quantitative estimate of drug-likeness (QED) is 0.813. The number of aliphatic hydroxyl groups excluding tert-OH is 2. The molecule has 84 valence electrons. The van der Waals surface area contributed by atoms with Crippen molar-refractivity contribution in [3.63, 3.8) is 0 Å². The van der Waals surface area contributed by atoms with Crippen LogP contribution in [0.1, 0.15) is 23.5 Å². The molecule has 1 aromatic carbocycles. The van der Waals surface area contributed by atoms with Crippen LogP contribution in [0.3, 0.4) is 0 Å². The topological polar surface area (TPSA) is 58.3 Å². The van der Waals surface area contributed by atoms with Gasteiger partial charge in [0.2, 0.25) is 0 Å². The average Bonchev–Trinajstić information content (AvgIpc) is 2.75. The zero-order valence-corrected chi connectivity index (χ0v) is 8.99. The molecule has 2 unspecified atom stereocenters. The van der Waals surface area contributed by atoms with E-state index < -0.39 is 12.2 Å². The van der Waals surface area contributed by atoms with Gasteiger partial charge in [0.15, 0.2) is 0 Å². The number of aromatic nitrogens is 2. The van der Waals surface area contributed by atoms with Gasteiger partial charge >= 0.3 is 0 Å². The molecule has 0 aliphatic heterocycles. The SMILES string of the molecule is Cn1nccc1C(O)C(O)c1ccccc1. The summed E-state index contributed by atoms with van der Waals surface area (Å²) in [7, 11) is 1.73. The molecule has 0 aliphatic rings. The number of aryl methyl sites for hydroxylation is 1. The highest BCUT2D eigenvalue weighted by Gasteiger charge is 2.22. The van der Waals surface area contributed by atoms with Crippen LogP contribution in [0.4, 0.5) is 0 Å². The highest BCUT2D eigenvalue weighted by Crippen LogP contribution is 2.27. The van der Waals surface area contributed by atoms with Crippen molar-refractivity contribution in [1.82, 2.24) is 9.78 Å². The van der Waals surface area contributed by atoms with Gasteiger partial charge in [-0.25, -0.2) is 0 Å². The van der Waals surface area contributed by atoms with Crippen molar-refractivity contribution >= 4 is 0 Å². The van der Waals surface area contributed by atoms with Gasteiger partial charge in [-0.3, -0.25) is 4.68 Å². The summed E-state index contributed by atoms with van der Waals surface area (Å²) in [6.45, 7) is 0. The number of nitrogens with zero attached hydrogens (tertiary/aromatic N) is 2. The van der Waals surface area contributed by atoms with Crippen molar-refractivity contribution in [1.29, 1.82) is 0 Å². The molecule has 0 aliphatic carbocycles. The van der Waals surface area contributed by atoms with E-state index in [9.17, 15) is 10.2 Å². The summed E-state index contributed by atoms with van der Waals surface area (Å²) in [5, 5.41) is 24.0. The van der Waals surface area contributed by atoms with Crippen molar-refractivity contribution in [3.8, 4) is 0 Å². The summed E-state index contributed by atoms with van der Waals surface area (Å²) in [5.41, 5.74) is 1.28. The highest BCUT2D eigenvalue weighted by atomic mass is 16.3. The number of hydrogen-bond acceptors (Lipinski definition) is 3. The Labute approximate surface area is 93.8 Å². The molecule has 0 radical (unpaired) electrons. The first-order chi connectivity index (χ1) is 7.70. The van der Waals surface area contributed by atoms with Gasteiger partial charge in [-0.15, -0.1) is 0 Å². The summed E-state index contributed by atoms with van der Waals surface area (Å²) in [6.07, 6.45) is -0.303. The van der Waals surface area contributed by atoms with Crippen molar-refractivity contribution in [2.45, 2.75) is 12.2 Å². The lowest BCUT2D eigenvalue weighted by Crippen LogP contribution is -2.13. The number of benzene rings is 1. The third kappa shape index (κ3) is 1.98. The third-order valence-electron chi connectivity index (χ3n) is 2.60. The van der Waals surface area contributed by atoms with E-state index in [2.05, 4.69) is 5.10 Å². The van der Waals surface area contributed by atoms with Crippen LogP contribution >= 0.6 is 0 Å². The predicted octanol–water partition coefficient (Wildman–Crippen LogP) is 1.19. The van der Waals surface area contributed by atoms with Crippen molar-refractivity contribution in [2.24, 2.45) is 7.05 Å². The zero-order chi connectivity index (χ0) is 11.5. The van der Waals surface area contributed by atoms with E-state index in [0.717, 1.165) is 0 Å². The summed E-state index contributed by atoms with van der Waals surface area (Å²) >= 11 is 0. The lowest BCUT2D eigenvalue weighted by atomic mass is 10.0. The van der Waals surface area contributed by atoms with Crippen LogP contribution in [0.5, 0.6) is 0 Å². The zero-order valence-electron chi connectivity index (χ0n) is 8.99. The highest BCUT2D eigenvalue weighted by molar-refractivity contribution is 5.21. The average molecular weight is 218 g/mol. The fourth-order valence-electron chi connectivity index (χ4n) is 1.67. The van der Waals surface area contributed by atoms with Crippen LogP contribution < -0.4 is 0 Å². The van der Waals surface area contributed by atoms with E-state index >= 15 is 0 Å². The van der Waals surface area contributed by atoms with E-state index in [1.807, 2.05) is 18.2 Å². The Morgan fingerprint density at radius 1 is 1.06 bits per heavy atom. The second kappa shape index (κ2) is 4.47. The minimum Gasteiger partial charge on any atom is -0.385 e. The normalized spacial score (nSPS) is 14.7. The Morgan fingerprint density at radius 3 is 2.31 bits per heavy atom. The van der Waals surface area contributed by atoms with Crippen LogP contribution in [-0.4, -0.2) is 20.0 Å². The van der Waals surface area contributed by atoms with Gasteiger partial charge in [0.05, 0.1) is 5.69 Å². The first-order valence-corrected chi connectivity index (χ1v) is 5.09. The fourth-order valence-corrected chi connectivity index (χ4v) is 1.67. The van der Waals surface area contributed by atoms with Crippen LogP contribution in [-0.2, 0) is 7.05 Å². The molecule has 1 aromatic heterocycles. The first kappa shape index (κ1) is 10.9. The number of aliphatic hydroxyl groups is 2. The smallest absolute Gasteiger partial charge is 0.126 e. The number of rotatable bonds is 3. The van der Waals surface area contributed by atoms with Gasteiger partial charge in [-0.1, -0.05) is 30.3 Å². The molecule has 2 N–H and O–H groups in total. The van der Waals surface area contributed by atoms with Gasteiger partial charge in [0.25, 0.3) is 0 Å². The van der Waals surface area contributed by atoms with Gasteiger partial charge in [0.1, 0.15) is 12.2 Å². The van der Waals surface area contributed by atoms with E-state index in [-0.39, 0.29) is 0 Å². The van der Waals surface area contributed by atoms with Gasteiger partial charge in [-0.2, -0.15) is 5.10 Å². The van der Waals surface area contributed by atoms with Crippen LogP contribution in [0.15, 0.2) is 42.6 Å². The minimum atomic E-state index is -0.963. The second-order valence-corrected chi connectivity index (χ2v) is 3.68. The Kier molecular flexibility index (Phi) is 3.03. The summed E-state index contributed by atoms with van der Waals surface area (Å²) in [5.74, 6) is 0. The van der Waals surface area contributed by atoms with Gasteiger partial charge in [-0.05, 0) is 11.6 Å². The molecule has 4 heteroatoms. The molecule has 0 bridgehead atoms. The van der Waals surface area contributed by atoms with Crippen molar-refractivity contribution in [3.05, 3.63) is 53.9 Å². The first-order valence-electron chi connectivity index (χ1n) is 5.09. The summed E-state index contributed by atoms with van der Waals surface area (Å²) < 4.78 is 1.55. The molecule has 2 rings (SSSR count). The predicted molar refractivity (Wildman–Crippen MR) is 59.6 cm³/mol. The lowest BCUT2D eigenvalue weighted by Gasteiger charge is -2.18. The fraction of sp³-hybridized carbons (Fsp3) is 0.250. The van der Waals surface area contributed by atoms with Gasteiger partial charge in [0, 0.05) is 13.2 Å². The molecule has 2 aromatic rings. The second-order valence-electron chi connectivity index (χ2n) is 3.68. The van der Waals surface area contributed by atoms with Crippen molar-refractivity contribution < 1.29 is 10.2 Å². The van der Waals surface area contributed by atoms with Gasteiger partial charge < -0.3 is 10.2 Å². The molecule has 16 heavy (non-hydrogen) atoms. The molecule has 0 spiro atoms. The summed E-state index contributed by atoms with van der Waals surface area (Å²) in [4.78, 5) is 0. The Bertz CT molecular complexity index is 453. The summed E-state index contributed by atoms with van der Waals surface area (Å²) in [6, 6.07) is 10.8. The molecule has 0 fully saturated rings. The van der Waals surface area contributed by atoms with Crippen LogP contribution in [0.2, 0.25) is 0 Å². The molecular weight excluding hydrogens is 204 g/mol. The molecule has 1 heterocycles. The minimum absolute atomic E-state index is 0.594. The van der Waals surface area contributed by atoms with E-state index in [4.69, 9.17) is 0 Å². The van der Waals surface area contributed by atoms with Crippen LogP contribution in [0, 0.1) is 0 Å². The molecule has 4 nitrogen and oxygen atoms in total. The molecule has 0 amide bonds. The monoisotopic (exact) mass is 218 g/mol.